The second kappa shape index (κ2) is 9.10. The van der Waals surface area contributed by atoms with Gasteiger partial charge in [-0.1, -0.05) is 46.9 Å². The Kier molecular flexibility index (Phi) is 6.28. The van der Waals surface area contributed by atoms with Crippen molar-refractivity contribution in [1.82, 2.24) is 10.7 Å². The van der Waals surface area contributed by atoms with E-state index in [0.717, 1.165) is 11.1 Å². The summed E-state index contributed by atoms with van der Waals surface area (Å²) in [6.45, 7) is 0. The molecule has 0 unspecified atom stereocenters. The molecule has 3 aromatic rings. The van der Waals surface area contributed by atoms with Crippen molar-refractivity contribution < 1.29 is 14.3 Å². The molecule has 2 atom stereocenters. The van der Waals surface area contributed by atoms with Crippen molar-refractivity contribution in [3.63, 3.8) is 0 Å². The molecule has 5 nitrogen and oxygen atoms in total. The molecule has 2 amide bonds. The van der Waals surface area contributed by atoms with Gasteiger partial charge in [-0.05, 0) is 60.7 Å². The van der Waals surface area contributed by atoms with Crippen LogP contribution in [0.15, 0.2) is 72.8 Å². The fourth-order valence-electron chi connectivity index (χ4n) is 3.38. The number of nitrogens with one attached hydrogen (secondary N) is 2. The third-order valence-corrected chi connectivity index (χ3v) is 5.66. The quantitative estimate of drug-likeness (QED) is 0.541. The molecule has 1 heterocycles. The minimum Gasteiger partial charge on any atom is -0.334 e. The highest BCUT2D eigenvalue weighted by Gasteiger charge is 2.47. The van der Waals surface area contributed by atoms with Crippen LogP contribution in [0, 0.1) is 0 Å². The molecular weight excluding hydrogens is 457 g/mol. The Morgan fingerprint density at radius 2 is 1.35 bits per heavy atom. The predicted octanol–water partition coefficient (Wildman–Crippen LogP) is 4.66. The van der Waals surface area contributed by atoms with E-state index in [1.54, 1.807) is 59.4 Å². The van der Waals surface area contributed by atoms with Crippen LogP contribution in [-0.4, -0.2) is 28.8 Å². The Hall–Kier alpha value is -2.86. The van der Waals surface area contributed by atoms with E-state index in [9.17, 15) is 9.59 Å². The Labute approximate surface area is 194 Å². The van der Waals surface area contributed by atoms with Crippen LogP contribution in [0.3, 0.4) is 0 Å². The zero-order chi connectivity index (χ0) is 22.0. The van der Waals surface area contributed by atoms with Gasteiger partial charge >= 0.3 is 5.91 Å². The number of hydrogen-bond acceptors (Lipinski definition) is 2. The molecule has 0 saturated carbocycles. The molecule has 156 valence electrons. The Balaban J connectivity index is 1.69. The van der Waals surface area contributed by atoms with E-state index in [4.69, 9.17) is 34.8 Å². The molecule has 1 saturated heterocycles. The van der Waals surface area contributed by atoms with E-state index >= 15 is 0 Å². The summed E-state index contributed by atoms with van der Waals surface area (Å²) >= 11 is 17.9. The van der Waals surface area contributed by atoms with Gasteiger partial charge in [-0.15, -0.1) is 10.1 Å². The van der Waals surface area contributed by atoms with Gasteiger partial charge in [0.05, 0.1) is 0 Å². The molecule has 8 heteroatoms. The smallest absolute Gasteiger partial charge is 0.304 e. The number of hydrogen-bond donors (Lipinski definition) is 2. The van der Waals surface area contributed by atoms with Crippen LogP contribution in [-0.2, 0) is 4.79 Å². The normalized spacial score (nSPS) is 19.3. The van der Waals surface area contributed by atoms with Crippen molar-refractivity contribution >= 4 is 52.8 Å². The number of carbonyl (C=O) groups excluding carboxylic acids is 2. The first-order valence-electron chi connectivity index (χ1n) is 9.42. The lowest BCUT2D eigenvalue weighted by Crippen LogP contribution is -2.42. The topological polar surface area (TPSA) is 61.2 Å². The summed E-state index contributed by atoms with van der Waals surface area (Å²) in [5.41, 5.74) is 4.90. The fourth-order valence-corrected chi connectivity index (χ4v) is 3.75. The number of nitrogens with zero attached hydrogens (tertiary/aromatic N) is 1. The number of halogens is 3. The molecule has 4 rings (SSSR count). The number of amides is 2. The monoisotopic (exact) mass is 472 g/mol. The molecule has 0 spiro atoms. The van der Waals surface area contributed by atoms with Crippen LogP contribution in [0.1, 0.15) is 27.5 Å². The minimum atomic E-state index is -0.826. The highest BCUT2D eigenvalue weighted by Crippen LogP contribution is 2.27. The van der Waals surface area contributed by atoms with Gasteiger partial charge in [-0.3, -0.25) is 9.59 Å². The standard InChI is InChI=1S/C23H16Cl3N3O2/c24-17-7-1-14(2-8-17)13-29-21(15-3-9-18(25)10-4-15)20(23(31)28-29)27-22(30)16-5-11-19(26)12-6-16/h1-13,20-21H,(H-,27,28,30,31)/p+1/b29-13-/t20-,21-/m0/s1. The highest BCUT2D eigenvalue weighted by molar-refractivity contribution is 6.31. The van der Waals surface area contributed by atoms with Crippen LogP contribution in [0.4, 0.5) is 0 Å². The summed E-state index contributed by atoms with van der Waals surface area (Å²) in [7, 11) is 0. The van der Waals surface area contributed by atoms with Crippen molar-refractivity contribution in [3.05, 3.63) is 105 Å². The second-order valence-corrected chi connectivity index (χ2v) is 8.33. The van der Waals surface area contributed by atoms with Gasteiger partial charge in [-0.25, -0.2) is 0 Å². The lowest BCUT2D eigenvalue weighted by molar-refractivity contribution is -0.596. The number of benzene rings is 3. The van der Waals surface area contributed by atoms with E-state index in [1.165, 1.54) is 0 Å². The maximum Gasteiger partial charge on any atom is 0.304 e. The number of carbonyl (C=O) groups is 2. The van der Waals surface area contributed by atoms with Gasteiger partial charge in [0, 0.05) is 31.8 Å². The zero-order valence-electron chi connectivity index (χ0n) is 16.1. The van der Waals surface area contributed by atoms with Crippen molar-refractivity contribution in [2.24, 2.45) is 0 Å². The van der Waals surface area contributed by atoms with E-state index in [0.29, 0.717) is 20.6 Å². The van der Waals surface area contributed by atoms with Crippen LogP contribution in [0.25, 0.3) is 0 Å². The highest BCUT2D eigenvalue weighted by atomic mass is 35.5. The van der Waals surface area contributed by atoms with Crippen LogP contribution in [0.2, 0.25) is 15.1 Å². The Morgan fingerprint density at radius 1 is 0.839 bits per heavy atom. The van der Waals surface area contributed by atoms with Crippen LogP contribution in [0.5, 0.6) is 0 Å². The lowest BCUT2D eigenvalue weighted by Gasteiger charge is -2.15. The van der Waals surface area contributed by atoms with Crippen LogP contribution >= 0.6 is 34.8 Å². The molecule has 0 aromatic heterocycles. The van der Waals surface area contributed by atoms with Gasteiger partial charge in [-0.2, -0.15) is 0 Å². The molecule has 0 aliphatic carbocycles. The van der Waals surface area contributed by atoms with Gasteiger partial charge in [0.1, 0.15) is 0 Å². The molecular formula is C23H17Cl3N3O2+. The van der Waals surface area contributed by atoms with E-state index in [2.05, 4.69) is 10.7 Å². The number of hydrazine groups is 1. The summed E-state index contributed by atoms with van der Waals surface area (Å²) in [6.07, 6.45) is 1.79. The maximum atomic E-state index is 12.8. The van der Waals surface area contributed by atoms with Crippen molar-refractivity contribution in [2.75, 3.05) is 0 Å². The van der Waals surface area contributed by atoms with Gasteiger partial charge < -0.3 is 5.32 Å². The van der Waals surface area contributed by atoms with E-state index in [-0.39, 0.29) is 11.8 Å². The van der Waals surface area contributed by atoms with Crippen molar-refractivity contribution in [3.8, 4) is 0 Å². The first-order chi connectivity index (χ1) is 14.9. The third-order valence-electron chi connectivity index (χ3n) is 4.90. The average molecular weight is 474 g/mol. The molecule has 1 fully saturated rings. The summed E-state index contributed by atoms with van der Waals surface area (Å²) in [4.78, 5) is 25.6. The summed E-state index contributed by atoms with van der Waals surface area (Å²) in [6, 6.07) is 19.5. The SMILES string of the molecule is O=C(N[C@@H]1C(=O)N/[N+](=C\c2ccc(Cl)cc2)[C@H]1c1ccc(Cl)cc1)c1ccc(Cl)cc1. The molecule has 2 N–H and O–H groups in total. The first-order valence-corrected chi connectivity index (χ1v) is 10.6. The molecule has 0 bridgehead atoms. The van der Waals surface area contributed by atoms with Gasteiger partial charge in [0.25, 0.3) is 5.91 Å². The molecule has 3 aromatic carbocycles. The predicted molar refractivity (Wildman–Crippen MR) is 122 cm³/mol. The minimum absolute atomic E-state index is 0.326. The number of rotatable bonds is 4. The van der Waals surface area contributed by atoms with E-state index in [1.807, 2.05) is 24.3 Å². The molecule has 0 radical (unpaired) electrons. The average Bonchev–Trinajstić information content (AvgIpc) is 3.05. The molecule has 31 heavy (non-hydrogen) atoms. The van der Waals surface area contributed by atoms with Gasteiger partial charge in [0.2, 0.25) is 12.3 Å². The van der Waals surface area contributed by atoms with Gasteiger partial charge in [0.15, 0.2) is 6.04 Å². The molecule has 1 aliphatic rings. The summed E-state index contributed by atoms with van der Waals surface area (Å²) in [5, 5.41) is 4.56. The fraction of sp³-hybridized carbons (Fsp3) is 0.0870. The third kappa shape index (κ3) is 4.90. The van der Waals surface area contributed by atoms with Crippen LogP contribution < -0.4 is 10.7 Å². The molecule has 1 aliphatic heterocycles. The second-order valence-electron chi connectivity index (χ2n) is 7.02. The van der Waals surface area contributed by atoms with Crippen molar-refractivity contribution in [2.45, 2.75) is 12.1 Å². The summed E-state index contributed by atoms with van der Waals surface area (Å²) < 4.78 is 1.68. The number of hydrazone groups is 1. The summed E-state index contributed by atoms with van der Waals surface area (Å²) in [5.74, 6) is -0.698. The Bertz CT molecular complexity index is 1140. The maximum absolute atomic E-state index is 12.8. The largest absolute Gasteiger partial charge is 0.334 e. The first kappa shape index (κ1) is 21.4. The van der Waals surface area contributed by atoms with Crippen molar-refractivity contribution in [1.29, 1.82) is 0 Å². The lowest BCUT2D eigenvalue weighted by atomic mass is 10.00. The Morgan fingerprint density at radius 3 is 1.94 bits per heavy atom. The zero-order valence-corrected chi connectivity index (χ0v) is 18.3. The van der Waals surface area contributed by atoms with E-state index < -0.39 is 12.1 Å².